The highest BCUT2D eigenvalue weighted by atomic mass is 19.1. The van der Waals surface area contributed by atoms with E-state index in [-0.39, 0.29) is 11.2 Å². The number of allylic oxidation sites excluding steroid dienone is 1. The Hall–Kier alpha value is -1.64. The van der Waals surface area contributed by atoms with E-state index in [4.69, 9.17) is 5.11 Å². The second-order valence-corrected chi connectivity index (χ2v) is 3.81. The standard InChI is InChI=1S/C12H11FO2/c13-10-4-2-1-3-9(10)12(7-8-12)6-5-11(14)15/h1-6H,7-8H2,(H,14,15)/b6-5+. The van der Waals surface area contributed by atoms with Crippen molar-refractivity contribution >= 4 is 5.97 Å². The summed E-state index contributed by atoms with van der Waals surface area (Å²) >= 11 is 0. The van der Waals surface area contributed by atoms with Crippen LogP contribution in [0.25, 0.3) is 0 Å². The molecule has 1 saturated carbocycles. The molecule has 2 nitrogen and oxygen atoms in total. The average molecular weight is 206 g/mol. The van der Waals surface area contributed by atoms with Gasteiger partial charge in [-0.1, -0.05) is 24.3 Å². The number of benzene rings is 1. The fraction of sp³-hybridized carbons (Fsp3) is 0.250. The third kappa shape index (κ3) is 1.91. The van der Waals surface area contributed by atoms with Gasteiger partial charge >= 0.3 is 5.97 Å². The number of carbonyl (C=O) groups is 1. The Bertz CT molecular complexity index is 419. The highest BCUT2D eigenvalue weighted by Crippen LogP contribution is 2.50. The van der Waals surface area contributed by atoms with Crippen LogP contribution in [-0.4, -0.2) is 11.1 Å². The molecule has 1 aromatic rings. The minimum absolute atomic E-state index is 0.259. The molecule has 2 rings (SSSR count). The molecule has 1 aliphatic rings. The van der Waals surface area contributed by atoms with Crippen LogP contribution in [0.2, 0.25) is 0 Å². The lowest BCUT2D eigenvalue weighted by Gasteiger charge is -2.10. The van der Waals surface area contributed by atoms with Gasteiger partial charge in [-0.05, 0) is 24.5 Å². The smallest absolute Gasteiger partial charge is 0.328 e. The maximum absolute atomic E-state index is 13.5. The molecule has 0 atom stereocenters. The van der Waals surface area contributed by atoms with Crippen molar-refractivity contribution in [1.29, 1.82) is 0 Å². The van der Waals surface area contributed by atoms with Gasteiger partial charge in [0.1, 0.15) is 5.82 Å². The van der Waals surface area contributed by atoms with Gasteiger partial charge in [-0.25, -0.2) is 9.18 Å². The Morgan fingerprint density at radius 1 is 1.40 bits per heavy atom. The molecule has 0 heterocycles. The van der Waals surface area contributed by atoms with Crippen molar-refractivity contribution in [3.05, 3.63) is 47.8 Å². The lowest BCUT2D eigenvalue weighted by molar-refractivity contribution is -0.131. The maximum atomic E-state index is 13.5. The third-order valence-electron chi connectivity index (χ3n) is 2.74. The lowest BCUT2D eigenvalue weighted by atomic mass is 9.95. The van der Waals surface area contributed by atoms with Crippen molar-refractivity contribution in [3.63, 3.8) is 0 Å². The van der Waals surface area contributed by atoms with Crippen LogP contribution >= 0.6 is 0 Å². The number of hydrogen-bond acceptors (Lipinski definition) is 1. The van der Waals surface area contributed by atoms with Gasteiger partial charge in [0.05, 0.1) is 0 Å². The van der Waals surface area contributed by atoms with Crippen LogP contribution in [0, 0.1) is 5.82 Å². The van der Waals surface area contributed by atoms with Gasteiger partial charge in [0.25, 0.3) is 0 Å². The number of halogens is 1. The number of carboxylic acid groups (broad SMARTS) is 1. The second-order valence-electron chi connectivity index (χ2n) is 3.81. The normalized spacial score (nSPS) is 17.9. The molecule has 0 saturated heterocycles. The van der Waals surface area contributed by atoms with Crippen molar-refractivity contribution in [1.82, 2.24) is 0 Å². The molecular formula is C12H11FO2. The lowest BCUT2D eigenvalue weighted by Crippen LogP contribution is -2.06. The molecule has 1 N–H and O–H groups in total. The molecule has 78 valence electrons. The summed E-state index contributed by atoms with van der Waals surface area (Å²) in [6, 6.07) is 6.53. The first-order chi connectivity index (χ1) is 7.14. The van der Waals surface area contributed by atoms with Crippen molar-refractivity contribution in [2.24, 2.45) is 0 Å². The molecule has 0 aromatic heterocycles. The summed E-state index contributed by atoms with van der Waals surface area (Å²) in [4.78, 5) is 10.4. The zero-order chi connectivity index (χ0) is 10.9. The topological polar surface area (TPSA) is 37.3 Å². The average Bonchev–Trinajstić information content (AvgIpc) is 2.97. The van der Waals surface area contributed by atoms with Crippen LogP contribution in [0.3, 0.4) is 0 Å². The minimum atomic E-state index is -0.988. The Morgan fingerprint density at radius 3 is 2.60 bits per heavy atom. The quantitative estimate of drug-likeness (QED) is 0.771. The summed E-state index contributed by atoms with van der Waals surface area (Å²) in [6.45, 7) is 0. The van der Waals surface area contributed by atoms with E-state index >= 15 is 0 Å². The molecule has 15 heavy (non-hydrogen) atoms. The summed E-state index contributed by atoms with van der Waals surface area (Å²) in [7, 11) is 0. The SMILES string of the molecule is O=C(O)/C=C/C1(c2ccccc2F)CC1. The van der Waals surface area contributed by atoms with Crippen LogP contribution in [0.5, 0.6) is 0 Å². The number of hydrogen-bond donors (Lipinski definition) is 1. The van der Waals surface area contributed by atoms with Crippen molar-refractivity contribution < 1.29 is 14.3 Å². The monoisotopic (exact) mass is 206 g/mol. The molecule has 1 aromatic carbocycles. The van der Waals surface area contributed by atoms with Gasteiger partial charge in [0, 0.05) is 11.5 Å². The van der Waals surface area contributed by atoms with Gasteiger partial charge < -0.3 is 5.11 Å². The molecule has 0 radical (unpaired) electrons. The first-order valence-electron chi connectivity index (χ1n) is 4.81. The van der Waals surface area contributed by atoms with E-state index in [1.165, 1.54) is 6.07 Å². The van der Waals surface area contributed by atoms with Gasteiger partial charge in [-0.15, -0.1) is 0 Å². The molecule has 0 unspecified atom stereocenters. The molecule has 0 amide bonds. The van der Waals surface area contributed by atoms with E-state index in [9.17, 15) is 9.18 Å². The number of aliphatic carboxylic acids is 1. The molecule has 1 aliphatic carbocycles. The van der Waals surface area contributed by atoms with Crippen molar-refractivity contribution in [2.75, 3.05) is 0 Å². The maximum Gasteiger partial charge on any atom is 0.328 e. The zero-order valence-corrected chi connectivity index (χ0v) is 8.11. The molecule has 0 aliphatic heterocycles. The van der Waals surface area contributed by atoms with Gasteiger partial charge in [0.2, 0.25) is 0 Å². The molecule has 3 heteroatoms. The first-order valence-corrected chi connectivity index (χ1v) is 4.81. The number of rotatable bonds is 3. The predicted octanol–water partition coefficient (Wildman–Crippen LogP) is 2.50. The van der Waals surface area contributed by atoms with Crippen molar-refractivity contribution in [2.45, 2.75) is 18.3 Å². The van der Waals surface area contributed by atoms with Crippen molar-refractivity contribution in [3.8, 4) is 0 Å². The number of carboxylic acids is 1. The fourth-order valence-electron chi connectivity index (χ4n) is 1.76. The van der Waals surface area contributed by atoms with Crippen LogP contribution in [0.4, 0.5) is 4.39 Å². The van der Waals surface area contributed by atoms with E-state index < -0.39 is 5.97 Å². The van der Waals surface area contributed by atoms with E-state index in [1.54, 1.807) is 24.3 Å². The highest BCUT2D eigenvalue weighted by molar-refractivity contribution is 5.80. The Labute approximate surface area is 87.0 Å². The summed E-state index contributed by atoms with van der Waals surface area (Å²) in [6.07, 6.45) is 4.32. The van der Waals surface area contributed by atoms with E-state index in [0.29, 0.717) is 5.56 Å². The Balaban J connectivity index is 2.31. The van der Waals surface area contributed by atoms with Gasteiger partial charge in [-0.2, -0.15) is 0 Å². The van der Waals surface area contributed by atoms with Crippen LogP contribution in [0.1, 0.15) is 18.4 Å². The van der Waals surface area contributed by atoms with E-state index in [2.05, 4.69) is 0 Å². The summed E-state index contributed by atoms with van der Waals surface area (Å²) in [5.74, 6) is -1.25. The third-order valence-corrected chi connectivity index (χ3v) is 2.74. The predicted molar refractivity (Wildman–Crippen MR) is 54.1 cm³/mol. The summed E-state index contributed by atoms with van der Waals surface area (Å²) in [5.41, 5.74) is 0.228. The molecule has 0 spiro atoms. The molecule has 0 bridgehead atoms. The zero-order valence-electron chi connectivity index (χ0n) is 8.11. The van der Waals surface area contributed by atoms with Crippen LogP contribution in [-0.2, 0) is 10.2 Å². The van der Waals surface area contributed by atoms with E-state index in [1.807, 2.05) is 0 Å². The molecular weight excluding hydrogens is 195 g/mol. The first kappa shape index (κ1) is 9.90. The summed E-state index contributed by atoms with van der Waals surface area (Å²) < 4.78 is 13.5. The Morgan fingerprint density at radius 2 is 2.07 bits per heavy atom. The highest BCUT2D eigenvalue weighted by Gasteiger charge is 2.43. The molecule has 1 fully saturated rings. The van der Waals surface area contributed by atoms with E-state index in [0.717, 1.165) is 18.9 Å². The second kappa shape index (κ2) is 3.50. The van der Waals surface area contributed by atoms with Crippen LogP contribution < -0.4 is 0 Å². The summed E-state index contributed by atoms with van der Waals surface area (Å²) in [5, 5.41) is 8.54. The van der Waals surface area contributed by atoms with Gasteiger partial charge in [0.15, 0.2) is 0 Å². The minimum Gasteiger partial charge on any atom is -0.478 e. The fourth-order valence-corrected chi connectivity index (χ4v) is 1.76. The van der Waals surface area contributed by atoms with Crippen LogP contribution in [0.15, 0.2) is 36.4 Å². The van der Waals surface area contributed by atoms with Gasteiger partial charge in [-0.3, -0.25) is 0 Å². The Kier molecular flexibility index (Phi) is 2.31. The largest absolute Gasteiger partial charge is 0.478 e.